The highest BCUT2D eigenvalue weighted by Crippen LogP contribution is 2.23. The van der Waals surface area contributed by atoms with Gasteiger partial charge in [-0.3, -0.25) is 13.9 Å². The second kappa shape index (κ2) is 14.8. The first-order valence-electron chi connectivity index (χ1n) is 13.2. The molecule has 0 spiro atoms. The van der Waals surface area contributed by atoms with Crippen LogP contribution < -0.4 is 9.62 Å². The second-order valence-corrected chi connectivity index (χ2v) is 11.9. The molecule has 0 fully saturated rings. The molecule has 0 saturated heterocycles. The van der Waals surface area contributed by atoms with E-state index in [4.69, 9.17) is 11.6 Å². The van der Waals surface area contributed by atoms with Crippen molar-refractivity contribution in [3.05, 3.63) is 101 Å². The maximum atomic E-state index is 14.4. The Morgan fingerprint density at radius 2 is 1.60 bits per heavy atom. The van der Waals surface area contributed by atoms with Gasteiger partial charge in [-0.2, -0.15) is 0 Å². The van der Waals surface area contributed by atoms with Crippen LogP contribution in [-0.4, -0.2) is 50.5 Å². The minimum Gasteiger partial charge on any atom is -0.354 e. The van der Waals surface area contributed by atoms with Gasteiger partial charge in [0.1, 0.15) is 11.9 Å². The van der Waals surface area contributed by atoms with Crippen LogP contribution in [0.2, 0.25) is 5.02 Å². The third-order valence-corrected chi connectivity index (χ3v) is 7.79. The Kier molecular flexibility index (Phi) is 11.5. The first-order chi connectivity index (χ1) is 19.1. The molecule has 0 aromatic heterocycles. The molecule has 3 rings (SSSR count). The van der Waals surface area contributed by atoms with Crippen molar-refractivity contribution < 1.29 is 22.4 Å². The number of halogens is 2. The van der Waals surface area contributed by atoms with Crippen LogP contribution in [0, 0.1) is 5.82 Å². The Hall–Kier alpha value is -3.43. The smallest absolute Gasteiger partial charge is 0.243 e. The minimum atomic E-state index is -3.80. The predicted octanol–water partition coefficient (Wildman–Crippen LogP) is 5.19. The van der Waals surface area contributed by atoms with Crippen LogP contribution in [0.1, 0.15) is 37.3 Å². The molecule has 1 N–H and O–H groups in total. The van der Waals surface area contributed by atoms with Crippen LogP contribution in [0.15, 0.2) is 78.9 Å². The van der Waals surface area contributed by atoms with Crippen LogP contribution >= 0.6 is 11.6 Å². The van der Waals surface area contributed by atoms with Crippen LogP contribution in [-0.2, 0) is 32.6 Å². The molecule has 3 aromatic rings. The molecule has 0 heterocycles. The molecule has 3 aromatic carbocycles. The highest BCUT2D eigenvalue weighted by atomic mass is 35.5. The molecular weight excluding hydrogens is 553 g/mol. The lowest BCUT2D eigenvalue weighted by molar-refractivity contribution is -0.141. The van der Waals surface area contributed by atoms with Crippen molar-refractivity contribution in [2.75, 3.05) is 23.7 Å². The zero-order chi connectivity index (χ0) is 29.1. The van der Waals surface area contributed by atoms with Crippen LogP contribution in [0.5, 0.6) is 0 Å². The summed E-state index contributed by atoms with van der Waals surface area (Å²) in [5.41, 5.74) is 1.62. The van der Waals surface area contributed by atoms with Crippen LogP contribution in [0.25, 0.3) is 0 Å². The number of anilines is 1. The predicted molar refractivity (Wildman–Crippen MR) is 157 cm³/mol. The SMILES string of the molecule is CCCNC(=O)C(Cc1ccccc1)N(Cc1ccc(Cl)cc1)C(=O)CCCN(c1ccccc1F)S(C)(=O)=O. The topological polar surface area (TPSA) is 86.8 Å². The van der Waals surface area contributed by atoms with E-state index in [1.807, 2.05) is 37.3 Å². The summed E-state index contributed by atoms with van der Waals surface area (Å²) in [5.74, 6) is -1.25. The molecule has 0 aliphatic heterocycles. The molecule has 0 bridgehead atoms. The maximum absolute atomic E-state index is 14.4. The number of sulfonamides is 1. The number of carbonyl (C=O) groups excluding carboxylic acids is 2. The van der Waals surface area contributed by atoms with Crippen molar-refractivity contribution in [1.29, 1.82) is 0 Å². The van der Waals surface area contributed by atoms with E-state index in [-0.39, 0.29) is 43.4 Å². The van der Waals surface area contributed by atoms with Gasteiger partial charge < -0.3 is 10.2 Å². The van der Waals surface area contributed by atoms with Crippen molar-refractivity contribution in [2.24, 2.45) is 0 Å². The van der Waals surface area contributed by atoms with Gasteiger partial charge in [-0.05, 0) is 48.2 Å². The van der Waals surface area contributed by atoms with E-state index >= 15 is 0 Å². The normalized spacial score (nSPS) is 12.0. The number of benzene rings is 3. The van der Waals surface area contributed by atoms with E-state index in [9.17, 15) is 22.4 Å². The summed E-state index contributed by atoms with van der Waals surface area (Å²) in [4.78, 5) is 28.7. The Balaban J connectivity index is 1.87. The zero-order valence-corrected chi connectivity index (χ0v) is 24.3. The number of hydrogen-bond donors (Lipinski definition) is 1. The van der Waals surface area contributed by atoms with E-state index in [0.29, 0.717) is 18.0 Å². The molecule has 1 atom stereocenters. The van der Waals surface area contributed by atoms with Gasteiger partial charge in [0, 0.05) is 37.5 Å². The van der Waals surface area contributed by atoms with E-state index in [1.165, 1.54) is 23.1 Å². The third kappa shape index (κ3) is 9.06. The van der Waals surface area contributed by atoms with Gasteiger partial charge in [0.15, 0.2) is 0 Å². The van der Waals surface area contributed by atoms with Gasteiger partial charge in [-0.1, -0.05) is 73.1 Å². The van der Waals surface area contributed by atoms with Gasteiger partial charge >= 0.3 is 0 Å². The first kappa shape index (κ1) is 31.1. The number of hydrogen-bond acceptors (Lipinski definition) is 4. The van der Waals surface area contributed by atoms with E-state index in [1.54, 1.807) is 30.3 Å². The summed E-state index contributed by atoms with van der Waals surface area (Å²) in [6.07, 6.45) is 2.14. The molecule has 0 aliphatic carbocycles. The van der Waals surface area contributed by atoms with Crippen LogP contribution in [0.3, 0.4) is 0 Å². The Bertz CT molecular complexity index is 1370. The average molecular weight is 588 g/mol. The first-order valence-corrected chi connectivity index (χ1v) is 15.4. The largest absolute Gasteiger partial charge is 0.354 e. The number of amides is 2. The number of carbonyl (C=O) groups is 2. The Morgan fingerprint density at radius 3 is 2.23 bits per heavy atom. The Labute approximate surface area is 241 Å². The summed E-state index contributed by atoms with van der Waals surface area (Å²) in [6, 6.07) is 21.3. The zero-order valence-electron chi connectivity index (χ0n) is 22.7. The Morgan fingerprint density at radius 1 is 0.950 bits per heavy atom. The number of para-hydroxylation sites is 1. The van der Waals surface area contributed by atoms with Crippen molar-refractivity contribution in [3.63, 3.8) is 0 Å². The molecule has 40 heavy (non-hydrogen) atoms. The lowest BCUT2D eigenvalue weighted by atomic mass is 10.0. The monoisotopic (exact) mass is 587 g/mol. The second-order valence-electron chi connectivity index (χ2n) is 9.53. The number of nitrogens with one attached hydrogen (secondary N) is 1. The van der Waals surface area contributed by atoms with Crippen molar-refractivity contribution in [1.82, 2.24) is 10.2 Å². The fraction of sp³-hybridized carbons (Fsp3) is 0.333. The summed E-state index contributed by atoms with van der Waals surface area (Å²) in [7, 11) is -3.80. The molecule has 2 amide bonds. The molecule has 7 nitrogen and oxygen atoms in total. The van der Waals surface area contributed by atoms with E-state index in [2.05, 4.69) is 5.32 Å². The van der Waals surface area contributed by atoms with Crippen molar-refractivity contribution in [3.8, 4) is 0 Å². The molecular formula is C30H35ClFN3O4S. The fourth-order valence-corrected chi connectivity index (χ4v) is 5.43. The summed E-state index contributed by atoms with van der Waals surface area (Å²) in [6.45, 7) is 2.49. The molecule has 0 radical (unpaired) electrons. The third-order valence-electron chi connectivity index (χ3n) is 6.36. The molecule has 0 aliphatic rings. The maximum Gasteiger partial charge on any atom is 0.243 e. The molecule has 0 saturated carbocycles. The van der Waals surface area contributed by atoms with E-state index in [0.717, 1.165) is 28.1 Å². The van der Waals surface area contributed by atoms with Crippen molar-refractivity contribution >= 4 is 39.1 Å². The minimum absolute atomic E-state index is 0.0413. The highest BCUT2D eigenvalue weighted by Gasteiger charge is 2.30. The quantitative estimate of drug-likeness (QED) is 0.281. The highest BCUT2D eigenvalue weighted by molar-refractivity contribution is 7.92. The van der Waals surface area contributed by atoms with Crippen LogP contribution in [0.4, 0.5) is 10.1 Å². The summed E-state index contributed by atoms with van der Waals surface area (Å²) in [5, 5.41) is 3.47. The molecule has 214 valence electrons. The van der Waals surface area contributed by atoms with Gasteiger partial charge in [-0.25, -0.2) is 12.8 Å². The summed E-state index contributed by atoms with van der Waals surface area (Å²) < 4.78 is 40.3. The lowest BCUT2D eigenvalue weighted by Crippen LogP contribution is -2.50. The standard InChI is InChI=1S/C30H35ClFN3O4S/c1-3-19-33-30(37)28(21-23-10-5-4-6-11-23)34(22-24-15-17-25(31)18-16-24)29(36)14-9-20-35(40(2,38)39)27-13-8-7-12-26(27)32/h4-8,10-13,15-18,28H,3,9,14,19-22H2,1-2H3,(H,33,37). The van der Waals surface area contributed by atoms with Gasteiger partial charge in [-0.15, -0.1) is 0 Å². The average Bonchev–Trinajstić information content (AvgIpc) is 2.93. The number of nitrogens with zero attached hydrogens (tertiary/aromatic N) is 2. The van der Waals surface area contributed by atoms with Crippen molar-refractivity contribution in [2.45, 2.75) is 45.2 Å². The van der Waals surface area contributed by atoms with Gasteiger partial charge in [0.05, 0.1) is 11.9 Å². The lowest BCUT2D eigenvalue weighted by Gasteiger charge is -2.32. The van der Waals surface area contributed by atoms with E-state index < -0.39 is 21.9 Å². The van der Waals surface area contributed by atoms with Gasteiger partial charge in [0.25, 0.3) is 0 Å². The molecule has 1 unspecified atom stereocenters. The number of rotatable bonds is 14. The fourth-order valence-electron chi connectivity index (χ4n) is 4.34. The van der Waals surface area contributed by atoms with Gasteiger partial charge in [0.2, 0.25) is 21.8 Å². The summed E-state index contributed by atoms with van der Waals surface area (Å²) >= 11 is 6.06. The molecule has 10 heteroatoms.